The fourth-order valence-electron chi connectivity index (χ4n) is 2.83. The third-order valence-electron chi connectivity index (χ3n) is 3.74. The molecule has 0 fully saturated rings. The van der Waals surface area contributed by atoms with Gasteiger partial charge in [-0.15, -0.1) is 11.6 Å². The molecule has 7 heteroatoms. The van der Waals surface area contributed by atoms with Gasteiger partial charge in [0.05, 0.1) is 5.92 Å². The van der Waals surface area contributed by atoms with Gasteiger partial charge in [0.1, 0.15) is 5.75 Å². The summed E-state index contributed by atoms with van der Waals surface area (Å²) in [6.45, 7) is -0.487. The largest absolute Gasteiger partial charge is 0.482 e. The zero-order chi connectivity index (χ0) is 15.7. The van der Waals surface area contributed by atoms with Crippen LogP contribution in [0.3, 0.4) is 0 Å². The van der Waals surface area contributed by atoms with E-state index in [1.54, 1.807) is 42.5 Å². The van der Waals surface area contributed by atoms with Crippen molar-refractivity contribution < 1.29 is 52.3 Å². The normalized spacial score (nSPS) is 18.4. The molecule has 0 bridgehead atoms. The number of rotatable bonds is 3. The molecule has 0 unspecified atom stereocenters. The molecular formula is C16H12NO5Y-. The van der Waals surface area contributed by atoms with Crippen molar-refractivity contribution in [2.45, 2.75) is 11.8 Å². The van der Waals surface area contributed by atoms with Crippen LogP contribution in [0.1, 0.15) is 23.0 Å². The predicted octanol–water partition coefficient (Wildman–Crippen LogP) is 2.82. The van der Waals surface area contributed by atoms with Crippen molar-refractivity contribution in [1.82, 2.24) is 0 Å². The van der Waals surface area contributed by atoms with Crippen molar-refractivity contribution in [2.24, 2.45) is 0 Å². The van der Waals surface area contributed by atoms with Gasteiger partial charge in [0.15, 0.2) is 0 Å². The molecule has 0 aliphatic carbocycles. The van der Waals surface area contributed by atoms with Crippen LogP contribution < -0.4 is 4.74 Å². The summed E-state index contributed by atoms with van der Waals surface area (Å²) >= 11 is 0. The maximum atomic E-state index is 11.8. The Hall–Kier alpha value is -1.79. The molecule has 23 heavy (non-hydrogen) atoms. The van der Waals surface area contributed by atoms with Crippen molar-refractivity contribution in [3.8, 4) is 11.5 Å². The maximum Gasteiger partial charge on any atom is 0.310 e. The predicted molar refractivity (Wildman–Crippen MR) is 76.8 cm³/mol. The van der Waals surface area contributed by atoms with E-state index in [9.17, 15) is 20.0 Å². The molecule has 1 N–H and O–H groups in total. The fraction of sp³-hybridized carbons (Fsp3) is 0.188. The van der Waals surface area contributed by atoms with Crippen LogP contribution in [0.2, 0.25) is 0 Å². The molecule has 2 aromatic carbocycles. The van der Waals surface area contributed by atoms with E-state index < -0.39 is 29.3 Å². The monoisotopic (exact) mass is 387 g/mol. The molecule has 0 aromatic heterocycles. The minimum Gasteiger partial charge on any atom is -0.482 e. The topological polar surface area (TPSA) is 89.7 Å². The smallest absolute Gasteiger partial charge is 0.310 e. The van der Waals surface area contributed by atoms with Gasteiger partial charge in [-0.2, -0.15) is 18.2 Å². The summed E-state index contributed by atoms with van der Waals surface area (Å²) in [5.41, 5.74) is 0.931. The van der Waals surface area contributed by atoms with Crippen molar-refractivity contribution in [3.63, 3.8) is 0 Å². The van der Waals surface area contributed by atoms with E-state index in [-0.39, 0.29) is 32.7 Å². The zero-order valence-electron chi connectivity index (χ0n) is 12.0. The molecule has 2 atom stereocenters. The molecule has 115 valence electrons. The van der Waals surface area contributed by atoms with Crippen molar-refractivity contribution in [1.29, 1.82) is 0 Å². The second kappa shape index (κ2) is 7.19. The van der Waals surface area contributed by atoms with Crippen LogP contribution in [-0.2, 0) is 37.5 Å². The third-order valence-corrected chi connectivity index (χ3v) is 3.74. The minimum atomic E-state index is -1.11. The van der Waals surface area contributed by atoms with Crippen LogP contribution in [0.5, 0.6) is 11.5 Å². The number of benzene rings is 2. The number of hydrogen-bond donors (Lipinski definition) is 1. The van der Waals surface area contributed by atoms with E-state index in [2.05, 4.69) is 6.07 Å². The number of carboxylic acids is 1. The summed E-state index contributed by atoms with van der Waals surface area (Å²) in [6, 6.07) is 14.4. The van der Waals surface area contributed by atoms with Gasteiger partial charge in [0.25, 0.3) is 0 Å². The molecule has 3 rings (SSSR count). The van der Waals surface area contributed by atoms with Gasteiger partial charge in [-0.1, -0.05) is 18.2 Å². The van der Waals surface area contributed by atoms with Crippen LogP contribution in [0.4, 0.5) is 0 Å². The molecule has 0 amide bonds. The molecule has 1 aliphatic rings. The van der Waals surface area contributed by atoms with E-state index in [0.29, 0.717) is 22.6 Å². The third kappa shape index (κ3) is 3.43. The zero-order valence-corrected chi connectivity index (χ0v) is 14.8. The average molecular weight is 387 g/mol. The Morgan fingerprint density at radius 3 is 2.65 bits per heavy atom. The Labute approximate surface area is 157 Å². The van der Waals surface area contributed by atoms with Gasteiger partial charge >= 0.3 is 5.97 Å². The molecule has 0 spiro atoms. The van der Waals surface area contributed by atoms with E-state index in [4.69, 9.17) is 4.74 Å². The number of carbonyl (C=O) groups is 1. The van der Waals surface area contributed by atoms with E-state index in [1.807, 2.05) is 0 Å². The van der Waals surface area contributed by atoms with Gasteiger partial charge in [-0.25, -0.2) is 0 Å². The summed E-state index contributed by atoms with van der Waals surface area (Å²) in [5.74, 6) is -2.13. The fourth-order valence-corrected chi connectivity index (χ4v) is 2.83. The summed E-state index contributed by atoms with van der Waals surface area (Å²) in [4.78, 5) is 22.3. The second-order valence-electron chi connectivity index (χ2n) is 5.04. The van der Waals surface area contributed by atoms with Gasteiger partial charge < -0.3 is 9.84 Å². The Morgan fingerprint density at radius 1 is 1.26 bits per heavy atom. The Morgan fingerprint density at radius 2 is 1.96 bits per heavy atom. The SMILES string of the molecule is O=C(O)[C@@H]1c2ccccc2Oc2cc[c-]cc2[C@H]1C[N+](=O)[O-].[Y]. The second-order valence-corrected chi connectivity index (χ2v) is 5.04. The van der Waals surface area contributed by atoms with Crippen molar-refractivity contribution in [3.05, 3.63) is 69.8 Å². The number of ether oxygens (including phenoxy) is 1. The van der Waals surface area contributed by atoms with Crippen LogP contribution >= 0.6 is 0 Å². The van der Waals surface area contributed by atoms with Gasteiger partial charge in [-0.05, 0) is 6.07 Å². The van der Waals surface area contributed by atoms with Gasteiger partial charge in [-0.3, -0.25) is 14.9 Å². The van der Waals surface area contributed by atoms with Crippen LogP contribution in [0.15, 0.2) is 42.5 Å². The number of para-hydroxylation sites is 1. The van der Waals surface area contributed by atoms with Gasteiger partial charge in [0.2, 0.25) is 6.54 Å². The minimum absolute atomic E-state index is 0. The number of carboxylic acid groups (broad SMARTS) is 1. The number of aliphatic carboxylic acids is 1. The first-order valence-electron chi connectivity index (χ1n) is 6.69. The molecule has 2 aromatic rings. The summed E-state index contributed by atoms with van der Waals surface area (Å²) in [7, 11) is 0. The number of hydrogen-bond acceptors (Lipinski definition) is 4. The molecular weight excluding hydrogens is 375 g/mol. The Bertz CT molecular complexity index is 749. The molecule has 1 heterocycles. The van der Waals surface area contributed by atoms with Crippen molar-refractivity contribution in [2.75, 3.05) is 6.54 Å². The summed E-state index contributed by atoms with van der Waals surface area (Å²) in [5, 5.41) is 20.7. The quantitative estimate of drug-likeness (QED) is 0.497. The first kappa shape index (κ1) is 17.6. The number of nitrogens with zero attached hydrogens (tertiary/aromatic N) is 1. The first-order chi connectivity index (χ1) is 10.6. The van der Waals surface area contributed by atoms with Crippen LogP contribution in [0.25, 0.3) is 0 Å². The Kier molecular flexibility index (Phi) is 5.49. The van der Waals surface area contributed by atoms with E-state index in [1.165, 1.54) is 0 Å². The summed E-state index contributed by atoms with van der Waals surface area (Å²) < 4.78 is 5.79. The molecule has 0 saturated carbocycles. The van der Waals surface area contributed by atoms with Crippen LogP contribution in [0, 0.1) is 16.2 Å². The van der Waals surface area contributed by atoms with Crippen molar-refractivity contribution >= 4 is 5.97 Å². The standard InChI is InChI=1S/C16H12NO5.Y/c18-16(19)15-11-6-2-4-8-14(11)22-13-7-3-1-5-10(13)12(15)9-17(20)21;/h2-8,12,15H,9H2,(H,18,19);/q-1;/t12-,15-;/m1./s1. The van der Waals surface area contributed by atoms with E-state index in [0.717, 1.165) is 0 Å². The average Bonchev–Trinajstić information content (AvgIpc) is 2.61. The van der Waals surface area contributed by atoms with Crippen LogP contribution in [-0.4, -0.2) is 22.5 Å². The number of fused-ring (bicyclic) bond motifs is 2. The molecule has 1 radical (unpaired) electrons. The number of nitro groups is 1. The maximum absolute atomic E-state index is 11.8. The first-order valence-corrected chi connectivity index (χ1v) is 6.69. The van der Waals surface area contributed by atoms with Gasteiger partial charge in [0, 0.05) is 54.9 Å². The summed E-state index contributed by atoms with van der Waals surface area (Å²) in [6.07, 6.45) is 0. The van der Waals surface area contributed by atoms with E-state index >= 15 is 0 Å². The molecule has 1 aliphatic heterocycles. The molecule has 0 saturated heterocycles. The Balaban J connectivity index is 0.00000192. The molecule has 6 nitrogen and oxygen atoms in total.